The Morgan fingerprint density at radius 1 is 1.11 bits per heavy atom. The Balaban J connectivity index is 1.43. The zero-order valence-electron chi connectivity index (χ0n) is 14.9. The van der Waals surface area contributed by atoms with E-state index in [0.29, 0.717) is 23.1 Å². The Bertz CT molecular complexity index is 881. The SMILES string of the molecule is O=C(NCC(c1ccco1)N1CCCC1)c1ccc(-c2ccc(Cl)cc2)o1. The number of carbonyl (C=O) groups excluding carboxylic acids is 1. The molecule has 4 rings (SSSR count). The maximum absolute atomic E-state index is 12.6. The highest BCUT2D eigenvalue weighted by atomic mass is 35.5. The lowest BCUT2D eigenvalue weighted by Crippen LogP contribution is -2.36. The molecule has 0 radical (unpaired) electrons. The van der Waals surface area contributed by atoms with E-state index in [1.165, 1.54) is 12.8 Å². The van der Waals surface area contributed by atoms with Crippen molar-refractivity contribution < 1.29 is 13.6 Å². The molecule has 2 aromatic heterocycles. The molecule has 0 aliphatic carbocycles. The lowest BCUT2D eigenvalue weighted by molar-refractivity contribution is 0.0907. The first kappa shape index (κ1) is 17.9. The van der Waals surface area contributed by atoms with E-state index in [1.54, 1.807) is 30.5 Å². The molecule has 3 heterocycles. The van der Waals surface area contributed by atoms with Gasteiger partial charge in [-0.25, -0.2) is 0 Å². The number of rotatable bonds is 6. The van der Waals surface area contributed by atoms with Gasteiger partial charge in [0.15, 0.2) is 5.76 Å². The van der Waals surface area contributed by atoms with Crippen molar-refractivity contribution in [3.8, 4) is 11.3 Å². The van der Waals surface area contributed by atoms with Crippen molar-refractivity contribution in [1.29, 1.82) is 0 Å². The fourth-order valence-corrected chi connectivity index (χ4v) is 3.58. The Morgan fingerprint density at radius 3 is 2.59 bits per heavy atom. The number of hydrogen-bond acceptors (Lipinski definition) is 4. The molecule has 6 heteroatoms. The van der Waals surface area contributed by atoms with Crippen LogP contribution in [0.5, 0.6) is 0 Å². The third-order valence-electron chi connectivity index (χ3n) is 4.87. The summed E-state index contributed by atoms with van der Waals surface area (Å²) in [7, 11) is 0. The molecular formula is C21H21ClN2O3. The summed E-state index contributed by atoms with van der Waals surface area (Å²) >= 11 is 5.92. The second-order valence-electron chi connectivity index (χ2n) is 6.66. The molecule has 0 spiro atoms. The van der Waals surface area contributed by atoms with Gasteiger partial charge in [-0.1, -0.05) is 11.6 Å². The van der Waals surface area contributed by atoms with Crippen LogP contribution in [-0.2, 0) is 0 Å². The average molecular weight is 385 g/mol. The van der Waals surface area contributed by atoms with Crippen molar-refractivity contribution in [2.45, 2.75) is 18.9 Å². The minimum absolute atomic E-state index is 0.0390. The van der Waals surface area contributed by atoms with E-state index in [-0.39, 0.29) is 11.9 Å². The van der Waals surface area contributed by atoms with E-state index in [0.717, 1.165) is 24.4 Å². The van der Waals surface area contributed by atoms with Crippen LogP contribution in [0.15, 0.2) is 63.6 Å². The van der Waals surface area contributed by atoms with Crippen LogP contribution in [0.2, 0.25) is 5.02 Å². The van der Waals surface area contributed by atoms with Crippen LogP contribution in [0.3, 0.4) is 0 Å². The number of amides is 1. The Kier molecular flexibility index (Phi) is 5.32. The largest absolute Gasteiger partial charge is 0.468 e. The number of likely N-dealkylation sites (tertiary alicyclic amines) is 1. The van der Waals surface area contributed by atoms with Crippen molar-refractivity contribution >= 4 is 17.5 Å². The fourth-order valence-electron chi connectivity index (χ4n) is 3.45. The van der Waals surface area contributed by atoms with E-state index in [2.05, 4.69) is 10.2 Å². The predicted molar refractivity (Wildman–Crippen MR) is 104 cm³/mol. The predicted octanol–water partition coefficient (Wildman–Crippen LogP) is 4.76. The van der Waals surface area contributed by atoms with Gasteiger partial charge in [-0.2, -0.15) is 0 Å². The molecule has 1 aromatic carbocycles. The van der Waals surface area contributed by atoms with Gasteiger partial charge in [-0.3, -0.25) is 9.69 Å². The summed E-state index contributed by atoms with van der Waals surface area (Å²) < 4.78 is 11.3. The Labute approximate surface area is 162 Å². The van der Waals surface area contributed by atoms with Gasteiger partial charge in [0.05, 0.1) is 12.3 Å². The molecule has 1 amide bonds. The fraction of sp³-hybridized carbons (Fsp3) is 0.286. The van der Waals surface area contributed by atoms with Gasteiger partial charge in [0.1, 0.15) is 11.5 Å². The maximum Gasteiger partial charge on any atom is 0.287 e. The van der Waals surface area contributed by atoms with Crippen LogP contribution in [0.1, 0.15) is 35.2 Å². The average Bonchev–Trinajstić information content (AvgIpc) is 3.44. The minimum Gasteiger partial charge on any atom is -0.468 e. The topological polar surface area (TPSA) is 58.6 Å². The van der Waals surface area contributed by atoms with Crippen molar-refractivity contribution in [3.05, 3.63) is 71.3 Å². The lowest BCUT2D eigenvalue weighted by atomic mass is 10.2. The summed E-state index contributed by atoms with van der Waals surface area (Å²) in [6.07, 6.45) is 4.02. The number of carbonyl (C=O) groups is 1. The summed E-state index contributed by atoms with van der Waals surface area (Å²) in [6.45, 7) is 2.51. The summed E-state index contributed by atoms with van der Waals surface area (Å²) in [6, 6.07) is 14.7. The number of nitrogens with zero attached hydrogens (tertiary/aromatic N) is 1. The zero-order valence-corrected chi connectivity index (χ0v) is 15.6. The molecule has 0 saturated carbocycles. The molecule has 1 unspecified atom stereocenters. The van der Waals surface area contributed by atoms with Gasteiger partial charge < -0.3 is 14.2 Å². The molecule has 1 N–H and O–H groups in total. The van der Waals surface area contributed by atoms with Crippen LogP contribution in [-0.4, -0.2) is 30.4 Å². The first-order chi connectivity index (χ1) is 13.2. The summed E-state index contributed by atoms with van der Waals surface area (Å²) in [5.41, 5.74) is 0.879. The summed E-state index contributed by atoms with van der Waals surface area (Å²) in [5.74, 6) is 1.57. The molecule has 0 bridgehead atoms. The first-order valence-corrected chi connectivity index (χ1v) is 9.50. The molecule has 1 fully saturated rings. The third-order valence-corrected chi connectivity index (χ3v) is 5.12. The van der Waals surface area contributed by atoms with Crippen molar-refractivity contribution in [2.24, 2.45) is 0 Å². The van der Waals surface area contributed by atoms with E-state index in [1.807, 2.05) is 24.3 Å². The molecule has 27 heavy (non-hydrogen) atoms. The van der Waals surface area contributed by atoms with E-state index in [4.69, 9.17) is 20.4 Å². The van der Waals surface area contributed by atoms with Gasteiger partial charge >= 0.3 is 0 Å². The van der Waals surface area contributed by atoms with Crippen LogP contribution in [0, 0.1) is 0 Å². The zero-order chi connectivity index (χ0) is 18.6. The molecule has 1 aliphatic heterocycles. The second-order valence-corrected chi connectivity index (χ2v) is 7.09. The lowest BCUT2D eigenvalue weighted by Gasteiger charge is -2.25. The van der Waals surface area contributed by atoms with Gasteiger partial charge in [0, 0.05) is 17.1 Å². The van der Waals surface area contributed by atoms with Gasteiger partial charge in [0.2, 0.25) is 0 Å². The van der Waals surface area contributed by atoms with Crippen LogP contribution in [0.25, 0.3) is 11.3 Å². The van der Waals surface area contributed by atoms with Crippen molar-refractivity contribution in [2.75, 3.05) is 19.6 Å². The van der Waals surface area contributed by atoms with Crippen LogP contribution < -0.4 is 5.32 Å². The van der Waals surface area contributed by atoms with Gasteiger partial charge in [-0.15, -0.1) is 0 Å². The number of hydrogen-bond donors (Lipinski definition) is 1. The summed E-state index contributed by atoms with van der Waals surface area (Å²) in [4.78, 5) is 14.9. The number of halogens is 1. The molecule has 1 atom stereocenters. The van der Waals surface area contributed by atoms with Gasteiger partial charge in [0.25, 0.3) is 5.91 Å². The smallest absolute Gasteiger partial charge is 0.287 e. The van der Waals surface area contributed by atoms with E-state index in [9.17, 15) is 4.79 Å². The third kappa shape index (κ3) is 4.10. The molecule has 3 aromatic rings. The highest BCUT2D eigenvalue weighted by Crippen LogP contribution is 2.26. The van der Waals surface area contributed by atoms with Crippen LogP contribution >= 0.6 is 11.6 Å². The highest BCUT2D eigenvalue weighted by molar-refractivity contribution is 6.30. The molecule has 140 valence electrons. The minimum atomic E-state index is -0.231. The Morgan fingerprint density at radius 2 is 1.89 bits per heavy atom. The number of furan rings is 2. The van der Waals surface area contributed by atoms with Gasteiger partial charge in [-0.05, 0) is 74.5 Å². The normalized spacial score (nSPS) is 15.7. The standard InChI is InChI=1S/C21H21ClN2O3/c22-16-7-5-15(6-8-16)18-9-10-20(27-18)21(25)23-14-17(19-4-3-13-26-19)24-11-1-2-12-24/h3-10,13,17H,1-2,11-12,14H2,(H,23,25). The second kappa shape index (κ2) is 8.03. The molecule has 1 saturated heterocycles. The molecule has 5 nitrogen and oxygen atoms in total. The monoisotopic (exact) mass is 384 g/mol. The van der Waals surface area contributed by atoms with Crippen molar-refractivity contribution in [1.82, 2.24) is 10.2 Å². The maximum atomic E-state index is 12.6. The molecular weight excluding hydrogens is 364 g/mol. The first-order valence-electron chi connectivity index (χ1n) is 9.12. The van der Waals surface area contributed by atoms with Crippen molar-refractivity contribution in [3.63, 3.8) is 0 Å². The van der Waals surface area contributed by atoms with Crippen LogP contribution in [0.4, 0.5) is 0 Å². The Hall–Kier alpha value is -2.50. The molecule has 1 aliphatic rings. The number of nitrogens with one attached hydrogen (secondary N) is 1. The van der Waals surface area contributed by atoms with E-state index < -0.39 is 0 Å². The van der Waals surface area contributed by atoms with E-state index >= 15 is 0 Å². The highest BCUT2D eigenvalue weighted by Gasteiger charge is 2.26. The number of benzene rings is 1. The quantitative estimate of drug-likeness (QED) is 0.665. The summed E-state index contributed by atoms with van der Waals surface area (Å²) in [5, 5.41) is 3.64.